The average molecular weight is 194 g/mol. The molecule has 2 rings (SSSR count). The third-order valence-corrected chi connectivity index (χ3v) is 6.00. The molecule has 0 N–H and O–H groups in total. The fraction of sp³-hybridized carbons (Fsp3) is 0.200. The van der Waals surface area contributed by atoms with Crippen LogP contribution in [0.2, 0.25) is 0 Å². The standard InChI is InChI=1S/C10H12P2/c1-2-6-11(5-1)9-10-12-7-3-4-8-12/h1-8H,9-10H2. The van der Waals surface area contributed by atoms with Gasteiger partial charge in [0, 0.05) is 0 Å². The van der Waals surface area contributed by atoms with Crippen molar-refractivity contribution in [3.63, 3.8) is 0 Å². The van der Waals surface area contributed by atoms with E-state index in [9.17, 15) is 0 Å². The molecule has 0 unspecified atom stereocenters. The van der Waals surface area contributed by atoms with Gasteiger partial charge in [-0.25, -0.2) is 0 Å². The summed E-state index contributed by atoms with van der Waals surface area (Å²) in [5, 5.41) is 0. The minimum Gasteiger partial charge on any atom is -0.124 e. The summed E-state index contributed by atoms with van der Waals surface area (Å²) in [5.41, 5.74) is 0. The summed E-state index contributed by atoms with van der Waals surface area (Å²) in [4.78, 5) is 0. The van der Waals surface area contributed by atoms with E-state index in [4.69, 9.17) is 0 Å². The van der Waals surface area contributed by atoms with E-state index in [1.807, 2.05) is 0 Å². The lowest BCUT2D eigenvalue weighted by atomic mass is 10.7. The van der Waals surface area contributed by atoms with Crippen molar-refractivity contribution < 1.29 is 0 Å². The molecule has 0 fully saturated rings. The first-order valence-electron chi connectivity index (χ1n) is 4.17. The highest BCUT2D eigenvalue weighted by Gasteiger charge is 1.93. The molecule has 0 spiro atoms. The summed E-state index contributed by atoms with van der Waals surface area (Å²) >= 11 is 0. The molecule has 2 aromatic heterocycles. The molecular formula is C10H12P2. The van der Waals surface area contributed by atoms with E-state index in [1.165, 1.54) is 12.3 Å². The zero-order valence-corrected chi connectivity index (χ0v) is 8.72. The normalized spacial score (nSPS) is 10.3. The van der Waals surface area contributed by atoms with Gasteiger partial charge < -0.3 is 0 Å². The molecule has 0 radical (unpaired) electrons. The predicted molar refractivity (Wildman–Crippen MR) is 58.3 cm³/mol. The van der Waals surface area contributed by atoms with Crippen molar-refractivity contribution in [2.75, 3.05) is 0 Å². The van der Waals surface area contributed by atoms with E-state index in [-0.39, 0.29) is 15.1 Å². The van der Waals surface area contributed by atoms with Crippen molar-refractivity contribution in [1.82, 2.24) is 0 Å². The Kier molecular flexibility index (Phi) is 2.71. The maximum atomic E-state index is 2.36. The van der Waals surface area contributed by atoms with Crippen LogP contribution in [0.4, 0.5) is 0 Å². The van der Waals surface area contributed by atoms with Crippen molar-refractivity contribution >= 4 is 15.1 Å². The molecule has 0 nitrogen and oxygen atoms in total. The molecule has 0 atom stereocenters. The molecule has 0 saturated carbocycles. The Bertz CT molecular complexity index is 271. The van der Waals surface area contributed by atoms with Gasteiger partial charge in [-0.15, -0.1) is 15.1 Å². The highest BCUT2D eigenvalue weighted by Crippen LogP contribution is 2.36. The maximum Gasteiger partial charge on any atom is -0.00679 e. The molecule has 0 aromatic carbocycles. The Morgan fingerprint density at radius 3 is 1.25 bits per heavy atom. The van der Waals surface area contributed by atoms with Crippen molar-refractivity contribution in [3.8, 4) is 0 Å². The molecule has 2 aromatic rings. The predicted octanol–water partition coefficient (Wildman–Crippen LogP) is 4.36. The van der Waals surface area contributed by atoms with Crippen LogP contribution >= 0.6 is 15.1 Å². The van der Waals surface area contributed by atoms with Gasteiger partial charge in [0.1, 0.15) is 0 Å². The first kappa shape index (κ1) is 8.17. The molecule has 0 saturated heterocycles. The fourth-order valence-electron chi connectivity index (χ4n) is 1.27. The van der Waals surface area contributed by atoms with Crippen molar-refractivity contribution in [1.29, 1.82) is 0 Å². The fourth-order valence-corrected chi connectivity index (χ4v) is 5.19. The smallest absolute Gasteiger partial charge is 0.00679 e. The van der Waals surface area contributed by atoms with Gasteiger partial charge in [0.15, 0.2) is 0 Å². The van der Waals surface area contributed by atoms with Crippen molar-refractivity contribution in [2.24, 2.45) is 0 Å². The van der Waals surface area contributed by atoms with Crippen LogP contribution in [0, 0.1) is 0 Å². The Morgan fingerprint density at radius 2 is 0.917 bits per heavy atom. The molecule has 0 aliphatic rings. The van der Waals surface area contributed by atoms with E-state index in [1.54, 1.807) is 0 Å². The molecule has 0 amide bonds. The lowest BCUT2D eigenvalue weighted by Gasteiger charge is -1.96. The quantitative estimate of drug-likeness (QED) is 0.680. The highest BCUT2D eigenvalue weighted by molar-refractivity contribution is 7.51. The second-order valence-corrected chi connectivity index (χ2v) is 6.99. The Labute approximate surface area is 75.4 Å². The molecule has 62 valence electrons. The van der Waals surface area contributed by atoms with Crippen LogP contribution in [0.25, 0.3) is 0 Å². The first-order chi connectivity index (χ1) is 5.95. The van der Waals surface area contributed by atoms with E-state index < -0.39 is 0 Å². The molecule has 2 heteroatoms. The van der Waals surface area contributed by atoms with Gasteiger partial charge in [-0.2, -0.15) is 0 Å². The molecule has 0 aliphatic carbocycles. The lowest BCUT2D eigenvalue weighted by molar-refractivity contribution is 1.28. The monoisotopic (exact) mass is 194 g/mol. The molecule has 12 heavy (non-hydrogen) atoms. The summed E-state index contributed by atoms with van der Waals surface area (Å²) in [6.45, 7) is 0. The minimum atomic E-state index is 0.126. The van der Waals surface area contributed by atoms with Crippen LogP contribution in [0.3, 0.4) is 0 Å². The van der Waals surface area contributed by atoms with E-state index >= 15 is 0 Å². The van der Waals surface area contributed by atoms with Gasteiger partial charge in [0.05, 0.1) is 0 Å². The van der Waals surface area contributed by atoms with Crippen LogP contribution in [-0.2, 0) is 12.3 Å². The average Bonchev–Trinajstić information content (AvgIpc) is 2.74. The van der Waals surface area contributed by atoms with Crippen LogP contribution in [-0.4, -0.2) is 0 Å². The number of hydrogen-bond acceptors (Lipinski definition) is 0. The summed E-state index contributed by atoms with van der Waals surface area (Å²) < 4.78 is 0. The first-order valence-corrected chi connectivity index (χ1v) is 7.50. The van der Waals surface area contributed by atoms with Crippen LogP contribution in [0.1, 0.15) is 0 Å². The van der Waals surface area contributed by atoms with E-state index in [0.29, 0.717) is 0 Å². The van der Waals surface area contributed by atoms with Gasteiger partial charge in [-0.05, 0) is 35.5 Å². The van der Waals surface area contributed by atoms with E-state index in [2.05, 4.69) is 47.5 Å². The second kappa shape index (κ2) is 3.99. The number of aryl methyl sites for hydroxylation is 2. The maximum absolute atomic E-state index is 2.36. The number of hydrogen-bond donors (Lipinski definition) is 0. The zero-order chi connectivity index (χ0) is 8.23. The Hall–Kier alpha value is -0.440. The number of rotatable bonds is 3. The Morgan fingerprint density at radius 1 is 0.583 bits per heavy atom. The summed E-state index contributed by atoms with van der Waals surface area (Å²) in [7, 11) is 0.252. The van der Waals surface area contributed by atoms with Gasteiger partial charge in [-0.3, -0.25) is 0 Å². The summed E-state index contributed by atoms with van der Waals surface area (Å²) in [5.74, 6) is 9.42. The lowest BCUT2D eigenvalue weighted by Crippen LogP contribution is -1.65. The second-order valence-electron chi connectivity index (χ2n) is 2.84. The zero-order valence-electron chi connectivity index (χ0n) is 6.93. The van der Waals surface area contributed by atoms with Crippen LogP contribution < -0.4 is 0 Å². The molecule has 0 bridgehead atoms. The van der Waals surface area contributed by atoms with Crippen LogP contribution in [0.5, 0.6) is 0 Å². The van der Waals surface area contributed by atoms with E-state index in [0.717, 1.165) is 0 Å². The largest absolute Gasteiger partial charge is 0.124 e. The highest BCUT2D eigenvalue weighted by atomic mass is 31.1. The third kappa shape index (κ3) is 2.03. The Balaban J connectivity index is 1.91. The molecule has 2 heterocycles. The molecule has 0 aliphatic heterocycles. The van der Waals surface area contributed by atoms with Crippen LogP contribution in [0.15, 0.2) is 47.5 Å². The molecular weight excluding hydrogens is 182 g/mol. The summed E-state index contributed by atoms with van der Waals surface area (Å²) in [6.07, 6.45) is 2.76. The van der Waals surface area contributed by atoms with Gasteiger partial charge >= 0.3 is 0 Å². The van der Waals surface area contributed by atoms with Crippen molar-refractivity contribution in [3.05, 3.63) is 47.5 Å². The topological polar surface area (TPSA) is 0 Å². The minimum absolute atomic E-state index is 0.126. The third-order valence-electron chi connectivity index (χ3n) is 1.95. The van der Waals surface area contributed by atoms with Gasteiger partial charge in [0.25, 0.3) is 0 Å². The SMILES string of the molecule is c1ccp(CCp2cccc2)c1. The summed E-state index contributed by atoms with van der Waals surface area (Å²) in [6, 6.07) is 8.72. The van der Waals surface area contributed by atoms with Gasteiger partial charge in [0.2, 0.25) is 0 Å². The van der Waals surface area contributed by atoms with Crippen molar-refractivity contribution in [2.45, 2.75) is 12.3 Å². The van der Waals surface area contributed by atoms with Gasteiger partial charge in [-0.1, -0.05) is 24.3 Å².